The van der Waals surface area contributed by atoms with Gasteiger partial charge >= 0.3 is 12.1 Å². The van der Waals surface area contributed by atoms with Gasteiger partial charge < -0.3 is 15.2 Å². The van der Waals surface area contributed by atoms with E-state index in [4.69, 9.17) is 9.84 Å². The fourth-order valence-electron chi connectivity index (χ4n) is 2.85. The molecule has 6 heteroatoms. The fraction of sp³-hybridized carbons (Fsp3) is 0.818. The summed E-state index contributed by atoms with van der Waals surface area (Å²) in [5, 5.41) is 12.5. The minimum Gasteiger partial charge on any atom is -0.466 e. The van der Waals surface area contributed by atoms with E-state index in [0.717, 1.165) is 12.8 Å². The largest absolute Gasteiger partial charge is 0.466 e. The number of carboxylic acid groups (broad SMARTS) is 1. The Kier molecular flexibility index (Phi) is 3.51. The molecule has 0 radical (unpaired) electrons. The Hall–Kier alpha value is -1.30. The van der Waals surface area contributed by atoms with Crippen molar-refractivity contribution < 1.29 is 19.4 Å². The molecule has 0 aromatic rings. The first-order valence-electron chi connectivity index (χ1n) is 5.97. The van der Waals surface area contributed by atoms with Crippen LogP contribution in [-0.4, -0.2) is 53.3 Å². The molecule has 2 N–H and O–H groups in total. The van der Waals surface area contributed by atoms with Gasteiger partial charge in [-0.1, -0.05) is 0 Å². The Labute approximate surface area is 99.9 Å². The van der Waals surface area contributed by atoms with Crippen LogP contribution in [0.4, 0.5) is 4.79 Å². The van der Waals surface area contributed by atoms with E-state index in [1.807, 2.05) is 0 Å². The molecule has 3 atom stereocenters. The number of rotatable bonds is 3. The number of esters is 1. The molecule has 0 aliphatic carbocycles. The van der Waals surface area contributed by atoms with Gasteiger partial charge in [0, 0.05) is 25.6 Å². The normalized spacial score (nSPS) is 31.4. The van der Waals surface area contributed by atoms with Crippen LogP contribution in [-0.2, 0) is 9.53 Å². The molecule has 2 bridgehead atoms. The van der Waals surface area contributed by atoms with Gasteiger partial charge in [-0.05, 0) is 19.3 Å². The maximum atomic E-state index is 11.2. The molecule has 0 saturated carbocycles. The number of fused-ring (bicyclic) bond motifs is 2. The lowest BCUT2D eigenvalue weighted by Gasteiger charge is -2.39. The van der Waals surface area contributed by atoms with Crippen LogP contribution in [0.5, 0.6) is 0 Å². The number of carbonyl (C=O) groups excluding carboxylic acids is 1. The topological polar surface area (TPSA) is 78.9 Å². The predicted octanol–water partition coefficient (Wildman–Crippen LogP) is 0.422. The van der Waals surface area contributed by atoms with E-state index in [1.54, 1.807) is 4.90 Å². The number of ether oxygens (including phenoxy) is 1. The summed E-state index contributed by atoms with van der Waals surface area (Å²) in [6.45, 7) is 2.43. The highest BCUT2D eigenvalue weighted by Gasteiger charge is 2.44. The fourth-order valence-corrected chi connectivity index (χ4v) is 2.85. The minimum atomic E-state index is -0.837. The van der Waals surface area contributed by atoms with Gasteiger partial charge in [0.25, 0.3) is 0 Å². The van der Waals surface area contributed by atoms with Gasteiger partial charge in [0.15, 0.2) is 0 Å². The zero-order chi connectivity index (χ0) is 12.4. The summed E-state index contributed by atoms with van der Waals surface area (Å²) < 4.78 is 4.90. The van der Waals surface area contributed by atoms with Gasteiger partial charge in [0.05, 0.1) is 12.6 Å². The van der Waals surface area contributed by atoms with Crippen molar-refractivity contribution in [3.05, 3.63) is 0 Å². The van der Waals surface area contributed by atoms with E-state index >= 15 is 0 Å². The summed E-state index contributed by atoms with van der Waals surface area (Å²) in [4.78, 5) is 23.4. The quantitative estimate of drug-likeness (QED) is 0.701. The maximum Gasteiger partial charge on any atom is 0.407 e. The van der Waals surface area contributed by atoms with Gasteiger partial charge in [-0.15, -0.1) is 0 Å². The lowest BCUT2D eigenvalue weighted by molar-refractivity contribution is -0.141. The highest BCUT2D eigenvalue weighted by atomic mass is 16.5. The van der Waals surface area contributed by atoms with Crippen LogP contribution in [0.3, 0.4) is 0 Å². The molecule has 2 aliphatic heterocycles. The average molecular weight is 242 g/mol. The van der Waals surface area contributed by atoms with E-state index in [-0.39, 0.29) is 24.1 Å². The first-order chi connectivity index (χ1) is 8.09. The molecule has 0 aromatic carbocycles. The van der Waals surface area contributed by atoms with Crippen LogP contribution < -0.4 is 5.32 Å². The van der Waals surface area contributed by atoms with Crippen LogP contribution in [0.1, 0.15) is 26.2 Å². The number of carbonyl (C=O) groups is 2. The number of nitrogens with one attached hydrogen (secondary N) is 1. The Bertz CT molecular complexity index is 321. The zero-order valence-corrected chi connectivity index (χ0v) is 9.89. The minimum absolute atomic E-state index is 0.0295. The first-order valence-corrected chi connectivity index (χ1v) is 5.97. The van der Waals surface area contributed by atoms with E-state index < -0.39 is 6.09 Å². The molecule has 6 nitrogen and oxygen atoms in total. The molecular weight excluding hydrogens is 224 g/mol. The lowest BCUT2D eigenvalue weighted by atomic mass is 10.0. The standard InChI is InChI=1S/C11H18N2O4/c1-7(14)17-5-4-9-10-3-2-8(6-12-9)13(10)11(15)16/h8-10,12H,2-6H2,1H3,(H,15,16)/t8-,9-,10+/m1/s1. The summed E-state index contributed by atoms with van der Waals surface area (Å²) in [7, 11) is 0. The van der Waals surface area contributed by atoms with Crippen LogP contribution in [0.15, 0.2) is 0 Å². The highest BCUT2D eigenvalue weighted by molar-refractivity contribution is 5.67. The summed E-state index contributed by atoms with van der Waals surface area (Å²) in [5.41, 5.74) is 0. The van der Waals surface area contributed by atoms with Gasteiger partial charge in [-0.2, -0.15) is 0 Å². The van der Waals surface area contributed by atoms with E-state index in [2.05, 4.69) is 5.32 Å². The van der Waals surface area contributed by atoms with E-state index in [1.165, 1.54) is 6.92 Å². The molecule has 0 unspecified atom stereocenters. The molecular formula is C11H18N2O4. The smallest absolute Gasteiger partial charge is 0.407 e. The van der Waals surface area contributed by atoms with Gasteiger partial charge in [0.2, 0.25) is 0 Å². The molecule has 0 spiro atoms. The molecule has 0 aromatic heterocycles. The van der Waals surface area contributed by atoms with Gasteiger partial charge in [0.1, 0.15) is 0 Å². The van der Waals surface area contributed by atoms with Crippen molar-refractivity contribution in [1.82, 2.24) is 10.2 Å². The third-order valence-corrected chi connectivity index (χ3v) is 3.58. The number of amides is 1. The van der Waals surface area contributed by atoms with Crippen molar-refractivity contribution in [3.63, 3.8) is 0 Å². The average Bonchev–Trinajstić information content (AvgIpc) is 2.57. The summed E-state index contributed by atoms with van der Waals surface area (Å²) in [6.07, 6.45) is 1.65. The summed E-state index contributed by atoms with van der Waals surface area (Å²) in [5.74, 6) is -0.291. The Morgan fingerprint density at radius 3 is 2.88 bits per heavy atom. The molecule has 2 saturated heterocycles. The molecule has 2 fully saturated rings. The molecule has 2 rings (SSSR count). The van der Waals surface area contributed by atoms with Crippen LogP contribution in [0.25, 0.3) is 0 Å². The van der Waals surface area contributed by atoms with E-state index in [0.29, 0.717) is 19.6 Å². The number of hydrogen-bond acceptors (Lipinski definition) is 4. The van der Waals surface area contributed by atoms with Crippen molar-refractivity contribution in [2.75, 3.05) is 13.2 Å². The summed E-state index contributed by atoms with van der Waals surface area (Å²) in [6, 6.07) is 0.244. The zero-order valence-electron chi connectivity index (χ0n) is 9.89. The Balaban J connectivity index is 1.91. The molecule has 2 aliphatic rings. The Morgan fingerprint density at radius 1 is 1.47 bits per heavy atom. The predicted molar refractivity (Wildman–Crippen MR) is 59.7 cm³/mol. The SMILES string of the molecule is CC(=O)OCC[C@H]1NC[C@H]2CC[C@@H]1N2C(=O)O. The van der Waals surface area contributed by atoms with Crippen LogP contribution in [0, 0.1) is 0 Å². The van der Waals surface area contributed by atoms with Crippen LogP contribution >= 0.6 is 0 Å². The van der Waals surface area contributed by atoms with Crippen molar-refractivity contribution in [1.29, 1.82) is 0 Å². The van der Waals surface area contributed by atoms with Crippen molar-refractivity contribution in [2.45, 2.75) is 44.3 Å². The highest BCUT2D eigenvalue weighted by Crippen LogP contribution is 2.30. The second-order valence-electron chi connectivity index (χ2n) is 4.63. The molecule has 1 amide bonds. The lowest BCUT2D eigenvalue weighted by Crippen LogP contribution is -2.59. The van der Waals surface area contributed by atoms with Gasteiger partial charge in [-0.25, -0.2) is 4.79 Å². The number of piperazine rings is 1. The van der Waals surface area contributed by atoms with Crippen molar-refractivity contribution >= 4 is 12.1 Å². The summed E-state index contributed by atoms with van der Waals surface area (Å²) >= 11 is 0. The second kappa shape index (κ2) is 4.91. The third-order valence-electron chi connectivity index (χ3n) is 3.58. The molecule has 17 heavy (non-hydrogen) atoms. The monoisotopic (exact) mass is 242 g/mol. The number of nitrogens with zero attached hydrogens (tertiary/aromatic N) is 1. The Morgan fingerprint density at radius 2 is 2.24 bits per heavy atom. The van der Waals surface area contributed by atoms with E-state index in [9.17, 15) is 9.59 Å². The molecule has 96 valence electrons. The van der Waals surface area contributed by atoms with Crippen LogP contribution in [0.2, 0.25) is 0 Å². The van der Waals surface area contributed by atoms with Crippen molar-refractivity contribution in [3.8, 4) is 0 Å². The maximum absolute atomic E-state index is 11.2. The first kappa shape index (κ1) is 12.2. The van der Waals surface area contributed by atoms with Crippen molar-refractivity contribution in [2.24, 2.45) is 0 Å². The third kappa shape index (κ3) is 2.52. The van der Waals surface area contributed by atoms with Gasteiger partial charge in [-0.3, -0.25) is 9.69 Å². The second-order valence-corrected chi connectivity index (χ2v) is 4.63. The molecule has 2 heterocycles. The number of hydrogen-bond donors (Lipinski definition) is 2.